The first-order valence-corrected chi connectivity index (χ1v) is 23.6. The van der Waals surface area contributed by atoms with E-state index in [4.69, 9.17) is 0 Å². The zero-order valence-electron chi connectivity index (χ0n) is 32.2. The molecule has 6 aliphatic rings. The molecule has 0 saturated heterocycles. The molecule has 16 heteroatoms. The van der Waals surface area contributed by atoms with Gasteiger partial charge in [-0.2, -0.15) is 34.4 Å². The van der Waals surface area contributed by atoms with Crippen molar-refractivity contribution >= 4 is 64.1 Å². The third-order valence-electron chi connectivity index (χ3n) is 12.4. The fourth-order valence-corrected chi connectivity index (χ4v) is 11.4. The molecule has 12 rings (SSSR count). The Balaban J connectivity index is 1.27. The summed E-state index contributed by atoms with van der Waals surface area (Å²) in [6.07, 6.45) is 8.19. The van der Waals surface area contributed by atoms with Gasteiger partial charge in [0.1, 0.15) is 0 Å². The summed E-state index contributed by atoms with van der Waals surface area (Å²) < 4.78 is 112. The normalized spacial score (nSPS) is 19.3. The summed E-state index contributed by atoms with van der Waals surface area (Å²) in [7, 11) is -13.5. The van der Waals surface area contributed by atoms with Crippen molar-refractivity contribution in [2.24, 2.45) is 0 Å². The molecule has 0 aliphatic carbocycles. The lowest BCUT2D eigenvalue weighted by molar-refractivity contribution is -0.834. The highest BCUT2D eigenvalue weighted by Crippen LogP contribution is 2.53. The number of allylic oxidation sites excluding steroid dienone is 4. The number of rotatable bonds is 7. The average Bonchev–Trinajstić information content (AvgIpc) is 4.06. The van der Waals surface area contributed by atoms with Crippen LogP contribution in [-0.4, -0.2) is 68.6 Å². The van der Waals surface area contributed by atoms with Gasteiger partial charge < -0.3 is 0 Å². The molecule has 0 amide bonds. The third kappa shape index (κ3) is 4.72. The van der Waals surface area contributed by atoms with Gasteiger partial charge >= 0.3 is 5.91 Å². The largest absolute Gasteiger partial charge is 0.553 e. The standard InChI is InChI=1S/C46H28N4O9S3/c1-26-2-4-27(5-3-26)42-34-18-20-36-43(28-6-12-31(13-7-28)60(51,52)53)38-22-24-40-45(30-10-16-33(17-11-30)62(57,58)59)41-25-23-39-44(29-8-14-32(15-9-29)61(54,55)56)37-21-19-35(42)48(37)46(47(34)36,49(38)40)50(39)41/h2-25H,1H3,(H-2,51,52,53,54,55,56,57,58,59)/p+2. The smallest absolute Gasteiger partial charge is 0.282 e. The molecular formula is C46H30N4O9S3+2. The van der Waals surface area contributed by atoms with Crippen molar-refractivity contribution in [1.82, 2.24) is 9.13 Å². The fraction of sp³-hybridized carbons (Fsp3) is 0.0435. The van der Waals surface area contributed by atoms with E-state index in [1.165, 1.54) is 36.4 Å². The number of benzene rings is 4. The SMILES string of the molecule is Cc1ccc(C2=c3ccc4n3C35n6c(ccc6C(c6ccc(S(=O)(=O)O)cc6)=C6C=CC(=[N+]63)C=4c3ccc(S(=O)(=O)O)cc3)C(c3ccc(S(=O)(=O)O)cc3)=C3C=CC2=[N+]35)cc1. The van der Waals surface area contributed by atoms with Crippen LogP contribution in [0.3, 0.4) is 0 Å². The van der Waals surface area contributed by atoms with Gasteiger partial charge in [0, 0.05) is 24.3 Å². The van der Waals surface area contributed by atoms with Crippen molar-refractivity contribution in [2.45, 2.75) is 27.5 Å². The minimum absolute atomic E-state index is 0.245. The first kappa shape index (κ1) is 37.0. The zero-order chi connectivity index (χ0) is 42.8. The lowest BCUT2D eigenvalue weighted by Gasteiger charge is -2.41. The number of hydrogen-bond donors (Lipinski definition) is 3. The Bertz CT molecular complexity index is 3820. The molecular weight excluding hydrogens is 849 g/mol. The Labute approximate surface area is 354 Å². The molecule has 8 heterocycles. The summed E-state index contributed by atoms with van der Waals surface area (Å²) in [4.78, 5) is -0.748. The molecule has 0 fully saturated rings. The second-order valence-corrected chi connectivity index (χ2v) is 20.0. The van der Waals surface area contributed by atoms with E-state index in [2.05, 4.69) is 66.8 Å². The van der Waals surface area contributed by atoms with Gasteiger partial charge in [-0.3, -0.25) is 13.7 Å². The van der Waals surface area contributed by atoms with Crippen LogP contribution in [0.2, 0.25) is 0 Å². The second-order valence-electron chi connectivity index (χ2n) is 15.7. The summed E-state index contributed by atoms with van der Waals surface area (Å²) in [6.45, 7) is 2.03. The van der Waals surface area contributed by atoms with Crippen LogP contribution >= 0.6 is 0 Å². The Morgan fingerprint density at radius 2 is 0.758 bits per heavy atom. The minimum Gasteiger partial charge on any atom is -0.282 e. The van der Waals surface area contributed by atoms with Crippen LogP contribution in [-0.2, 0) is 36.3 Å². The molecule has 6 aromatic rings. The average molecular weight is 879 g/mol. The van der Waals surface area contributed by atoms with Crippen molar-refractivity contribution in [3.8, 4) is 0 Å². The summed E-state index contributed by atoms with van der Waals surface area (Å²) in [5.74, 6) is -1.22. The van der Waals surface area contributed by atoms with E-state index in [0.717, 1.165) is 78.3 Å². The molecule has 0 bridgehead atoms. The van der Waals surface area contributed by atoms with Crippen molar-refractivity contribution < 1.29 is 48.1 Å². The zero-order valence-corrected chi connectivity index (χ0v) is 34.6. The Morgan fingerprint density at radius 3 is 1.11 bits per heavy atom. The van der Waals surface area contributed by atoms with Crippen molar-refractivity contribution in [1.29, 1.82) is 0 Å². The van der Waals surface area contributed by atoms with Crippen molar-refractivity contribution in [3.05, 3.63) is 207 Å². The molecule has 3 N–H and O–H groups in total. The van der Waals surface area contributed by atoms with Gasteiger partial charge in [-0.15, -0.1) is 0 Å². The maximum Gasteiger partial charge on any atom is 0.553 e. The van der Waals surface area contributed by atoms with E-state index in [1.807, 2.05) is 31.2 Å². The predicted octanol–water partition coefficient (Wildman–Crippen LogP) is 4.47. The topological polar surface area (TPSA) is 179 Å². The quantitative estimate of drug-likeness (QED) is 0.154. The number of nitrogens with zero attached hydrogens (tertiary/aromatic N) is 4. The first-order valence-electron chi connectivity index (χ1n) is 19.3. The van der Waals surface area contributed by atoms with E-state index in [0.29, 0.717) is 16.7 Å². The predicted molar refractivity (Wildman–Crippen MR) is 227 cm³/mol. The maximum atomic E-state index is 12.2. The van der Waals surface area contributed by atoms with E-state index < -0.39 is 36.3 Å². The van der Waals surface area contributed by atoms with Crippen LogP contribution in [0.4, 0.5) is 0 Å². The molecule has 2 aromatic heterocycles. The Hall–Kier alpha value is -6.79. The fourth-order valence-electron chi connectivity index (χ4n) is 10.0. The molecule has 0 saturated carbocycles. The molecule has 304 valence electrons. The number of aryl methyl sites for hydroxylation is 1. The minimum atomic E-state index is -4.50. The van der Waals surface area contributed by atoms with Gasteiger partial charge in [-0.25, -0.2) is 0 Å². The second kappa shape index (κ2) is 12.0. The molecule has 4 aromatic carbocycles. The van der Waals surface area contributed by atoms with Crippen LogP contribution in [0.5, 0.6) is 0 Å². The van der Waals surface area contributed by atoms with Crippen LogP contribution < -0.4 is 10.7 Å². The summed E-state index contributed by atoms with van der Waals surface area (Å²) >= 11 is 0. The highest BCUT2D eigenvalue weighted by atomic mass is 32.2. The lowest BCUT2D eigenvalue weighted by atomic mass is 9.93. The molecule has 1 unspecified atom stereocenters. The first-order chi connectivity index (χ1) is 29.6. The highest BCUT2D eigenvalue weighted by Gasteiger charge is 2.73. The van der Waals surface area contributed by atoms with Gasteiger partial charge in [0.2, 0.25) is 22.8 Å². The van der Waals surface area contributed by atoms with Crippen LogP contribution in [0.25, 0.3) is 22.3 Å². The van der Waals surface area contributed by atoms with E-state index >= 15 is 0 Å². The van der Waals surface area contributed by atoms with Gasteiger partial charge in [-0.1, -0.05) is 75.4 Å². The van der Waals surface area contributed by atoms with Gasteiger partial charge in [0.15, 0.2) is 0 Å². The van der Waals surface area contributed by atoms with E-state index in [9.17, 15) is 38.9 Å². The lowest BCUT2D eigenvalue weighted by Crippen LogP contribution is -2.71. The summed E-state index contributed by atoms with van der Waals surface area (Å²) in [5, 5.41) is 1.71. The summed E-state index contributed by atoms with van der Waals surface area (Å²) in [6, 6.07) is 34.7. The molecule has 0 radical (unpaired) electrons. The van der Waals surface area contributed by atoms with Crippen LogP contribution in [0.15, 0.2) is 172 Å². The van der Waals surface area contributed by atoms with Gasteiger partial charge in [0.05, 0.1) is 59.1 Å². The van der Waals surface area contributed by atoms with Crippen molar-refractivity contribution in [2.75, 3.05) is 0 Å². The van der Waals surface area contributed by atoms with E-state index in [1.54, 1.807) is 36.4 Å². The third-order valence-corrected chi connectivity index (χ3v) is 15.0. The monoisotopic (exact) mass is 878 g/mol. The molecule has 13 nitrogen and oxygen atoms in total. The Kier molecular flexibility index (Phi) is 7.15. The van der Waals surface area contributed by atoms with Crippen LogP contribution in [0.1, 0.15) is 39.2 Å². The molecule has 1 spiro atoms. The Morgan fingerprint density at radius 1 is 0.419 bits per heavy atom. The van der Waals surface area contributed by atoms with Gasteiger partial charge in [0.25, 0.3) is 30.4 Å². The number of hydrogen-bond acceptors (Lipinski definition) is 6. The molecule has 6 aliphatic heterocycles. The van der Waals surface area contributed by atoms with Gasteiger partial charge in [-0.05, 0) is 89.8 Å². The molecule has 1 atom stereocenters. The number of aromatic nitrogens is 2. The van der Waals surface area contributed by atoms with Crippen LogP contribution in [0, 0.1) is 6.92 Å². The maximum absolute atomic E-state index is 12.2. The highest BCUT2D eigenvalue weighted by molar-refractivity contribution is 7.86. The summed E-state index contributed by atoms with van der Waals surface area (Å²) in [5.41, 5.74) is 12.2. The van der Waals surface area contributed by atoms with E-state index in [-0.39, 0.29) is 14.7 Å². The molecule has 62 heavy (non-hydrogen) atoms. The van der Waals surface area contributed by atoms with Crippen molar-refractivity contribution in [3.63, 3.8) is 0 Å².